The second-order valence-corrected chi connectivity index (χ2v) is 8.95. The first-order valence-electron chi connectivity index (χ1n) is 10.0. The molecule has 2 heterocycles. The summed E-state index contributed by atoms with van der Waals surface area (Å²) in [6.45, 7) is 5.64. The summed E-state index contributed by atoms with van der Waals surface area (Å²) in [6.07, 6.45) is 4.62. The topological polar surface area (TPSA) is 91.4 Å². The van der Waals surface area contributed by atoms with Gasteiger partial charge in [0.15, 0.2) is 4.90 Å². The largest absolute Gasteiger partial charge is 0.593 e. The van der Waals surface area contributed by atoms with Crippen LogP contribution in [-0.4, -0.2) is 38.3 Å². The molecule has 28 heavy (non-hydrogen) atoms. The summed E-state index contributed by atoms with van der Waals surface area (Å²) in [5, 5.41) is 1.24. The lowest BCUT2D eigenvalue weighted by Crippen LogP contribution is -2.32. The van der Waals surface area contributed by atoms with Crippen LogP contribution in [0.1, 0.15) is 39.5 Å². The zero-order valence-corrected chi connectivity index (χ0v) is 17.4. The molecule has 0 spiro atoms. The maximum absolute atomic E-state index is 13.0. The van der Waals surface area contributed by atoms with E-state index in [9.17, 15) is 14.1 Å². The van der Waals surface area contributed by atoms with Crippen LogP contribution in [0.25, 0.3) is 10.8 Å². The molecule has 7 heteroatoms. The summed E-state index contributed by atoms with van der Waals surface area (Å²) in [7, 11) is 0. The molecule has 2 aromatic rings. The predicted molar refractivity (Wildman–Crippen MR) is 112 cm³/mol. The molecule has 1 saturated heterocycles. The van der Waals surface area contributed by atoms with Gasteiger partial charge in [-0.2, -0.15) is 0 Å². The first kappa shape index (κ1) is 21.0. The van der Waals surface area contributed by atoms with Gasteiger partial charge < -0.3 is 14.9 Å². The van der Waals surface area contributed by atoms with E-state index in [1.807, 2.05) is 30.3 Å². The summed E-state index contributed by atoms with van der Waals surface area (Å²) in [5.74, 6) is 0.0516. The van der Waals surface area contributed by atoms with E-state index in [4.69, 9.17) is 5.73 Å². The summed E-state index contributed by atoms with van der Waals surface area (Å²) in [6, 6.07) is 7.24. The Morgan fingerprint density at radius 1 is 1.32 bits per heavy atom. The van der Waals surface area contributed by atoms with Crippen LogP contribution in [0.5, 0.6) is 0 Å². The minimum absolute atomic E-state index is 0.0442. The summed E-state index contributed by atoms with van der Waals surface area (Å²) < 4.78 is 16.5. The van der Waals surface area contributed by atoms with Gasteiger partial charge in [0.1, 0.15) is 5.78 Å². The first-order valence-corrected chi connectivity index (χ1v) is 11.1. The Morgan fingerprint density at radius 3 is 2.75 bits per heavy atom. The predicted octanol–water partition coefficient (Wildman–Crippen LogP) is 2.45. The number of nitrogens with two attached hydrogens (primary N) is 1. The van der Waals surface area contributed by atoms with Crippen molar-refractivity contribution in [3.63, 3.8) is 0 Å². The summed E-state index contributed by atoms with van der Waals surface area (Å²) in [4.78, 5) is 26.0. The van der Waals surface area contributed by atoms with Crippen molar-refractivity contribution in [2.45, 2.75) is 57.0 Å². The zero-order valence-electron chi connectivity index (χ0n) is 16.6. The van der Waals surface area contributed by atoms with Gasteiger partial charge in [-0.3, -0.25) is 9.59 Å². The number of nitrogens with zero attached hydrogens (tertiary/aromatic N) is 2. The molecule has 3 rings (SSSR count). The molecule has 1 aromatic carbocycles. The Hall–Kier alpha value is -1.67. The highest BCUT2D eigenvalue weighted by Crippen LogP contribution is 2.26. The standard InChI is InChI=1S/C21H29N3O3S/c1-3-6-19(25)15(4-2)13-23-11-10-17-18(21(23)26)7-5-8-20(17)28(27)24-12-9-16(22)14-24/h5,7-8,10-11,15-16H,3-4,6,9,12-14,22H2,1-2H3. The molecule has 1 aromatic heterocycles. The monoisotopic (exact) mass is 403 g/mol. The molecule has 0 amide bonds. The van der Waals surface area contributed by atoms with E-state index < -0.39 is 11.4 Å². The molecule has 3 unspecified atom stereocenters. The van der Waals surface area contributed by atoms with Gasteiger partial charge in [0, 0.05) is 43.1 Å². The molecule has 6 nitrogen and oxygen atoms in total. The van der Waals surface area contributed by atoms with Crippen molar-refractivity contribution in [1.29, 1.82) is 0 Å². The average Bonchev–Trinajstić information content (AvgIpc) is 3.13. The lowest BCUT2D eigenvalue weighted by molar-refractivity contribution is -0.123. The Morgan fingerprint density at radius 2 is 2.11 bits per heavy atom. The number of carbonyl (C=O) groups excluding carboxylic acids is 1. The molecule has 0 saturated carbocycles. The van der Waals surface area contributed by atoms with E-state index in [-0.39, 0.29) is 23.3 Å². The highest BCUT2D eigenvalue weighted by molar-refractivity contribution is 7.89. The molecule has 3 atom stereocenters. The Labute approximate surface area is 169 Å². The molecule has 0 radical (unpaired) electrons. The average molecular weight is 404 g/mol. The lowest BCUT2D eigenvalue weighted by atomic mass is 9.97. The van der Waals surface area contributed by atoms with Gasteiger partial charge in [-0.25, -0.2) is 0 Å². The molecular weight excluding hydrogens is 374 g/mol. The Bertz CT molecular complexity index is 898. The maximum Gasteiger partial charge on any atom is 0.258 e. The van der Waals surface area contributed by atoms with Crippen LogP contribution in [0.4, 0.5) is 0 Å². The number of ketones is 1. The molecule has 2 N–H and O–H groups in total. The molecule has 1 aliphatic heterocycles. The molecule has 152 valence electrons. The second kappa shape index (κ2) is 9.22. The van der Waals surface area contributed by atoms with Gasteiger partial charge >= 0.3 is 0 Å². The minimum Gasteiger partial charge on any atom is -0.593 e. The normalized spacial score (nSPS) is 19.8. The smallest absolute Gasteiger partial charge is 0.258 e. The van der Waals surface area contributed by atoms with Crippen LogP contribution >= 0.6 is 0 Å². The van der Waals surface area contributed by atoms with Crippen LogP contribution in [-0.2, 0) is 22.7 Å². The number of benzene rings is 1. The van der Waals surface area contributed by atoms with Crippen LogP contribution in [0.15, 0.2) is 40.2 Å². The molecule has 0 bridgehead atoms. The number of pyridine rings is 1. The number of hydrogen-bond acceptors (Lipinski definition) is 5. The Kier molecular flexibility index (Phi) is 6.93. The second-order valence-electron chi connectivity index (χ2n) is 7.50. The van der Waals surface area contributed by atoms with Crippen molar-refractivity contribution >= 4 is 27.9 Å². The summed E-state index contributed by atoms with van der Waals surface area (Å²) in [5.41, 5.74) is 5.80. The van der Waals surface area contributed by atoms with E-state index >= 15 is 0 Å². The van der Waals surface area contributed by atoms with Gasteiger partial charge in [0.05, 0.1) is 23.3 Å². The third-order valence-corrected chi connectivity index (χ3v) is 6.98. The van der Waals surface area contributed by atoms with Gasteiger partial charge in [-0.15, -0.1) is 4.31 Å². The highest BCUT2D eigenvalue weighted by atomic mass is 32.2. The zero-order chi connectivity index (χ0) is 20.3. The van der Waals surface area contributed by atoms with Crippen molar-refractivity contribution in [2.24, 2.45) is 11.7 Å². The number of aromatic nitrogens is 1. The van der Waals surface area contributed by atoms with E-state index in [1.165, 1.54) is 0 Å². The third-order valence-electron chi connectivity index (χ3n) is 5.45. The lowest BCUT2D eigenvalue weighted by Gasteiger charge is -2.20. The van der Waals surface area contributed by atoms with E-state index in [2.05, 4.69) is 0 Å². The molecular formula is C21H29N3O3S. The fourth-order valence-electron chi connectivity index (χ4n) is 3.78. The maximum atomic E-state index is 13.0. The number of Topliss-reactive ketones (excluding diaryl/α,β-unsaturated/α-hetero) is 1. The molecule has 1 aliphatic rings. The van der Waals surface area contributed by atoms with Crippen LogP contribution < -0.4 is 11.3 Å². The Balaban J connectivity index is 1.92. The van der Waals surface area contributed by atoms with Crippen LogP contribution in [0, 0.1) is 5.92 Å². The quantitative estimate of drug-likeness (QED) is 0.684. The SMILES string of the molecule is CCCC(=O)C(CC)Cn1ccc2c([S+]([O-])N3CCC(N)C3)cccc2c1=O. The summed E-state index contributed by atoms with van der Waals surface area (Å²) >= 11 is -1.34. The van der Waals surface area contributed by atoms with Crippen molar-refractivity contribution in [3.8, 4) is 0 Å². The highest BCUT2D eigenvalue weighted by Gasteiger charge is 2.31. The number of rotatable bonds is 8. The van der Waals surface area contributed by atoms with Crippen molar-refractivity contribution in [2.75, 3.05) is 13.1 Å². The van der Waals surface area contributed by atoms with Crippen molar-refractivity contribution in [1.82, 2.24) is 8.87 Å². The van der Waals surface area contributed by atoms with Crippen LogP contribution in [0.2, 0.25) is 0 Å². The number of hydrogen-bond donors (Lipinski definition) is 1. The van der Waals surface area contributed by atoms with Crippen LogP contribution in [0.3, 0.4) is 0 Å². The molecule has 0 aliphatic carbocycles. The first-order chi connectivity index (χ1) is 13.5. The van der Waals surface area contributed by atoms with Crippen molar-refractivity contribution < 1.29 is 9.35 Å². The van der Waals surface area contributed by atoms with Gasteiger partial charge in [-0.05, 0) is 37.5 Å². The fraction of sp³-hybridized carbons (Fsp3) is 0.524. The number of fused-ring (bicyclic) bond motifs is 1. The van der Waals surface area contributed by atoms with E-state index in [0.717, 1.165) is 12.8 Å². The van der Waals surface area contributed by atoms with Gasteiger partial charge in [-0.1, -0.05) is 19.9 Å². The number of carbonyl (C=O) groups is 1. The fourth-order valence-corrected chi connectivity index (χ4v) is 5.21. The minimum atomic E-state index is -1.34. The van der Waals surface area contributed by atoms with E-state index in [1.54, 1.807) is 22.9 Å². The van der Waals surface area contributed by atoms with Gasteiger partial charge in [0.2, 0.25) is 0 Å². The van der Waals surface area contributed by atoms with Gasteiger partial charge in [0.25, 0.3) is 5.56 Å². The van der Waals surface area contributed by atoms with Crippen molar-refractivity contribution in [3.05, 3.63) is 40.8 Å². The van der Waals surface area contributed by atoms with E-state index in [0.29, 0.717) is 48.1 Å². The third kappa shape index (κ3) is 4.33. The molecule has 1 fully saturated rings.